The molecule has 1 saturated heterocycles. The number of hydrogen-bond donors (Lipinski definition) is 0. The van der Waals surface area contributed by atoms with Crippen LogP contribution >= 0.6 is 11.8 Å². The van der Waals surface area contributed by atoms with Crippen LogP contribution < -0.4 is 0 Å². The van der Waals surface area contributed by atoms with E-state index in [-0.39, 0.29) is 11.2 Å². The first-order chi connectivity index (χ1) is 13.1. The van der Waals surface area contributed by atoms with Gasteiger partial charge >= 0.3 is 0 Å². The lowest BCUT2D eigenvalue weighted by molar-refractivity contribution is -0.132. The van der Waals surface area contributed by atoms with Gasteiger partial charge in [-0.1, -0.05) is 24.8 Å². The summed E-state index contributed by atoms with van der Waals surface area (Å²) in [4.78, 5) is 21.2. The Labute approximate surface area is 164 Å². The van der Waals surface area contributed by atoms with Crippen molar-refractivity contribution in [2.75, 3.05) is 32.7 Å². The van der Waals surface area contributed by atoms with E-state index in [2.05, 4.69) is 33.6 Å². The summed E-state index contributed by atoms with van der Waals surface area (Å²) >= 11 is 1.46. The zero-order chi connectivity index (χ0) is 19.2. The Bertz CT molecular complexity index is 770. The molecular formula is C19H26N6OS. The van der Waals surface area contributed by atoms with Gasteiger partial charge in [0.05, 0.1) is 5.25 Å². The molecule has 0 bridgehead atoms. The zero-order valence-electron chi connectivity index (χ0n) is 15.9. The van der Waals surface area contributed by atoms with Gasteiger partial charge in [-0.25, -0.2) is 0 Å². The molecule has 1 atom stereocenters. The van der Waals surface area contributed by atoms with Gasteiger partial charge in [0, 0.05) is 50.7 Å². The van der Waals surface area contributed by atoms with Crippen molar-refractivity contribution in [2.24, 2.45) is 0 Å². The second-order valence-corrected chi connectivity index (χ2v) is 7.77. The van der Waals surface area contributed by atoms with Gasteiger partial charge in [0.1, 0.15) is 0 Å². The first-order valence-corrected chi connectivity index (χ1v) is 10.1. The lowest BCUT2D eigenvalue weighted by Crippen LogP contribution is -2.50. The lowest BCUT2D eigenvalue weighted by atomic mass is 10.2. The average Bonchev–Trinajstić information content (AvgIpc) is 3.10. The van der Waals surface area contributed by atoms with E-state index in [9.17, 15) is 4.79 Å². The highest BCUT2D eigenvalue weighted by Gasteiger charge is 2.27. The first kappa shape index (κ1) is 19.6. The van der Waals surface area contributed by atoms with E-state index in [0.29, 0.717) is 6.54 Å². The monoisotopic (exact) mass is 386 g/mol. The molecule has 3 rings (SSSR count). The van der Waals surface area contributed by atoms with Crippen LogP contribution in [0.25, 0.3) is 11.4 Å². The fourth-order valence-electron chi connectivity index (χ4n) is 3.13. The molecule has 8 heteroatoms. The summed E-state index contributed by atoms with van der Waals surface area (Å²) in [6.07, 6.45) is 5.28. The van der Waals surface area contributed by atoms with E-state index in [0.717, 1.165) is 49.3 Å². The van der Waals surface area contributed by atoms with Crippen molar-refractivity contribution in [3.8, 4) is 11.4 Å². The molecule has 7 nitrogen and oxygen atoms in total. The van der Waals surface area contributed by atoms with Gasteiger partial charge in [-0.2, -0.15) is 0 Å². The number of carbonyl (C=O) groups is 1. The van der Waals surface area contributed by atoms with E-state index in [4.69, 9.17) is 0 Å². The zero-order valence-corrected chi connectivity index (χ0v) is 16.7. The van der Waals surface area contributed by atoms with Crippen LogP contribution in [0.5, 0.6) is 0 Å². The molecule has 1 fully saturated rings. The molecule has 2 aromatic heterocycles. The van der Waals surface area contributed by atoms with Crippen LogP contribution in [0.4, 0.5) is 0 Å². The molecule has 0 spiro atoms. The fourth-order valence-corrected chi connectivity index (χ4v) is 4.08. The molecule has 2 aromatic rings. The molecule has 1 amide bonds. The number of carbonyl (C=O) groups excluding carboxylic acids is 1. The number of nitrogens with zero attached hydrogens (tertiary/aromatic N) is 6. The van der Waals surface area contributed by atoms with Crippen LogP contribution in [0.3, 0.4) is 0 Å². The minimum Gasteiger partial charge on any atom is -0.339 e. The number of rotatable bonds is 7. The highest BCUT2D eigenvalue weighted by atomic mass is 32.2. The maximum atomic E-state index is 12.8. The Kier molecular flexibility index (Phi) is 6.63. The fraction of sp³-hybridized carbons (Fsp3) is 0.474. The minimum atomic E-state index is -0.212. The molecule has 1 unspecified atom stereocenters. The topological polar surface area (TPSA) is 67.2 Å². The Balaban J connectivity index is 1.72. The van der Waals surface area contributed by atoms with Gasteiger partial charge in [0.15, 0.2) is 11.0 Å². The van der Waals surface area contributed by atoms with Crippen molar-refractivity contribution >= 4 is 17.7 Å². The quantitative estimate of drug-likeness (QED) is 0.537. The van der Waals surface area contributed by atoms with Gasteiger partial charge in [0.25, 0.3) is 0 Å². The van der Waals surface area contributed by atoms with Crippen LogP contribution in [0.2, 0.25) is 0 Å². The number of piperazine rings is 1. The molecule has 1 aliphatic heterocycles. The summed E-state index contributed by atoms with van der Waals surface area (Å²) in [5.41, 5.74) is 0.945. The van der Waals surface area contributed by atoms with Crippen molar-refractivity contribution in [3.05, 3.63) is 37.2 Å². The summed E-state index contributed by atoms with van der Waals surface area (Å²) < 4.78 is 1.99. The molecule has 27 heavy (non-hydrogen) atoms. The third kappa shape index (κ3) is 4.56. The number of allylic oxidation sites excluding steroid dienone is 1. The maximum Gasteiger partial charge on any atom is 0.235 e. The summed E-state index contributed by atoms with van der Waals surface area (Å²) in [6, 6.07) is 3.81. The lowest BCUT2D eigenvalue weighted by Gasteiger charge is -2.35. The Morgan fingerprint density at radius 3 is 2.59 bits per heavy atom. The Morgan fingerprint density at radius 2 is 1.96 bits per heavy atom. The van der Waals surface area contributed by atoms with Gasteiger partial charge in [-0.15, -0.1) is 16.8 Å². The van der Waals surface area contributed by atoms with E-state index in [1.807, 2.05) is 34.6 Å². The normalized spacial score (nSPS) is 16.3. The summed E-state index contributed by atoms with van der Waals surface area (Å²) in [6.45, 7) is 13.0. The van der Waals surface area contributed by atoms with Crippen LogP contribution in [-0.4, -0.2) is 73.4 Å². The van der Waals surface area contributed by atoms with Crippen LogP contribution in [0.1, 0.15) is 13.8 Å². The first-order valence-electron chi connectivity index (χ1n) is 9.26. The second-order valence-electron chi connectivity index (χ2n) is 6.46. The van der Waals surface area contributed by atoms with Crippen LogP contribution in [0.15, 0.2) is 42.3 Å². The molecule has 3 heterocycles. The van der Waals surface area contributed by atoms with E-state index >= 15 is 0 Å². The minimum absolute atomic E-state index is 0.161. The molecular weight excluding hydrogens is 360 g/mol. The third-order valence-electron chi connectivity index (χ3n) is 4.73. The summed E-state index contributed by atoms with van der Waals surface area (Å²) in [5, 5.41) is 9.19. The molecule has 0 saturated carbocycles. The number of hydrogen-bond acceptors (Lipinski definition) is 6. The Hall–Kier alpha value is -2.19. The van der Waals surface area contributed by atoms with Crippen molar-refractivity contribution < 1.29 is 4.79 Å². The molecule has 0 radical (unpaired) electrons. The van der Waals surface area contributed by atoms with Crippen LogP contribution in [0, 0.1) is 0 Å². The number of aromatic nitrogens is 4. The predicted molar refractivity (Wildman–Crippen MR) is 107 cm³/mol. The number of likely N-dealkylation sites (N-methyl/N-ethyl adjacent to an activating group) is 1. The van der Waals surface area contributed by atoms with Gasteiger partial charge in [0.2, 0.25) is 5.91 Å². The van der Waals surface area contributed by atoms with Crippen molar-refractivity contribution in [3.63, 3.8) is 0 Å². The van der Waals surface area contributed by atoms with E-state index in [1.54, 1.807) is 12.4 Å². The molecule has 0 aromatic carbocycles. The van der Waals surface area contributed by atoms with Gasteiger partial charge in [-0.3, -0.25) is 14.3 Å². The highest BCUT2D eigenvalue weighted by molar-refractivity contribution is 8.00. The number of thioether (sulfide) groups is 1. The smallest absolute Gasteiger partial charge is 0.235 e. The molecule has 144 valence electrons. The molecule has 0 aliphatic carbocycles. The van der Waals surface area contributed by atoms with Gasteiger partial charge in [-0.05, 0) is 25.6 Å². The van der Waals surface area contributed by atoms with E-state index in [1.165, 1.54) is 11.8 Å². The SMILES string of the molecule is C=CCn1c(SC(C)C(=O)N2CCN(CC)CC2)nnc1-c1ccncc1. The predicted octanol–water partition coefficient (Wildman–Crippen LogP) is 2.17. The van der Waals surface area contributed by atoms with Crippen molar-refractivity contribution in [1.82, 2.24) is 29.5 Å². The standard InChI is InChI=1S/C19H26N6OS/c1-4-10-25-17(16-6-8-20-9-7-16)21-22-19(25)27-15(3)18(26)24-13-11-23(5-2)12-14-24/h4,6-9,15H,1,5,10-14H2,2-3H3. The van der Waals surface area contributed by atoms with E-state index < -0.39 is 0 Å². The highest BCUT2D eigenvalue weighted by Crippen LogP contribution is 2.27. The molecule has 0 N–H and O–H groups in total. The number of amides is 1. The summed E-state index contributed by atoms with van der Waals surface area (Å²) in [5.74, 6) is 0.922. The van der Waals surface area contributed by atoms with Crippen LogP contribution in [-0.2, 0) is 11.3 Å². The molecule has 1 aliphatic rings. The average molecular weight is 387 g/mol. The number of pyridine rings is 1. The van der Waals surface area contributed by atoms with Crippen molar-refractivity contribution in [2.45, 2.75) is 30.8 Å². The van der Waals surface area contributed by atoms with Crippen molar-refractivity contribution in [1.29, 1.82) is 0 Å². The summed E-state index contributed by atoms with van der Waals surface area (Å²) in [7, 11) is 0. The second kappa shape index (κ2) is 9.14. The third-order valence-corrected chi connectivity index (χ3v) is 5.80. The maximum absolute atomic E-state index is 12.8. The van der Waals surface area contributed by atoms with Gasteiger partial charge < -0.3 is 9.80 Å². The Morgan fingerprint density at radius 1 is 1.26 bits per heavy atom. The largest absolute Gasteiger partial charge is 0.339 e.